The third-order valence-corrected chi connectivity index (χ3v) is 2.47. The Balaban J connectivity index is 3.25. The summed E-state index contributed by atoms with van der Waals surface area (Å²) in [6.45, 7) is 6.50. The summed E-state index contributed by atoms with van der Waals surface area (Å²) in [4.78, 5) is 0. The highest BCUT2D eigenvalue weighted by atomic mass is 16.5. The van der Waals surface area contributed by atoms with E-state index in [2.05, 4.69) is 25.2 Å². The lowest BCUT2D eigenvalue weighted by molar-refractivity contribution is 0.119. The molecule has 1 atom stereocenters. The molecule has 0 rings (SSSR count). The molecule has 3 nitrogen and oxygen atoms in total. The third-order valence-electron chi connectivity index (χ3n) is 2.47. The van der Waals surface area contributed by atoms with Crippen LogP contribution in [0.3, 0.4) is 0 Å². The zero-order valence-corrected chi connectivity index (χ0v) is 10.8. The van der Waals surface area contributed by atoms with E-state index in [4.69, 9.17) is 10.00 Å². The Morgan fingerprint density at radius 1 is 1.12 bits per heavy atom. The van der Waals surface area contributed by atoms with Crippen molar-refractivity contribution in [2.24, 2.45) is 0 Å². The maximum Gasteiger partial charge on any atom is 0.119 e. The average molecular weight is 226 g/mol. The van der Waals surface area contributed by atoms with E-state index in [0.29, 0.717) is 6.61 Å². The largest absolute Gasteiger partial charge is 0.379 e. The van der Waals surface area contributed by atoms with Gasteiger partial charge < -0.3 is 10.1 Å². The van der Waals surface area contributed by atoms with Crippen molar-refractivity contribution < 1.29 is 4.74 Å². The molecule has 0 saturated carbocycles. The molecule has 0 heterocycles. The lowest BCUT2D eigenvalue weighted by Gasteiger charge is -2.11. The van der Waals surface area contributed by atoms with Crippen LogP contribution in [0.15, 0.2) is 0 Å². The van der Waals surface area contributed by atoms with E-state index in [1.807, 2.05) is 0 Å². The number of ether oxygens (including phenoxy) is 1. The van der Waals surface area contributed by atoms with E-state index in [1.54, 1.807) is 0 Å². The summed E-state index contributed by atoms with van der Waals surface area (Å²) in [5.41, 5.74) is 0. The Labute approximate surface area is 100 Å². The topological polar surface area (TPSA) is 45.0 Å². The quantitative estimate of drug-likeness (QED) is 0.551. The predicted molar refractivity (Wildman–Crippen MR) is 67.3 cm³/mol. The number of nitrogens with one attached hydrogen (secondary N) is 1. The zero-order chi connectivity index (χ0) is 12.1. The Hall–Kier alpha value is -0.590. The molecule has 0 aromatic heterocycles. The normalized spacial score (nSPS) is 12.3. The van der Waals surface area contributed by atoms with Crippen LogP contribution in [0.5, 0.6) is 0 Å². The first-order valence-corrected chi connectivity index (χ1v) is 6.55. The van der Waals surface area contributed by atoms with Crippen LogP contribution in [-0.2, 0) is 4.74 Å². The highest BCUT2D eigenvalue weighted by Gasteiger charge is 2.04. The van der Waals surface area contributed by atoms with Crippen LogP contribution in [0, 0.1) is 11.3 Å². The van der Waals surface area contributed by atoms with Crippen molar-refractivity contribution in [3.8, 4) is 6.07 Å². The van der Waals surface area contributed by atoms with Crippen molar-refractivity contribution in [3.05, 3.63) is 0 Å². The van der Waals surface area contributed by atoms with Crippen LogP contribution in [0.25, 0.3) is 0 Å². The molecular weight excluding hydrogens is 200 g/mol. The van der Waals surface area contributed by atoms with Crippen molar-refractivity contribution in [1.29, 1.82) is 5.26 Å². The van der Waals surface area contributed by atoms with Gasteiger partial charge in [0.1, 0.15) is 6.04 Å². The average Bonchev–Trinajstić information content (AvgIpc) is 2.32. The summed E-state index contributed by atoms with van der Waals surface area (Å²) in [6, 6.07) is 2.07. The van der Waals surface area contributed by atoms with Crippen LogP contribution in [0.4, 0.5) is 0 Å². The van der Waals surface area contributed by atoms with Gasteiger partial charge in [0.15, 0.2) is 0 Å². The molecule has 0 saturated heterocycles. The number of hydrogen-bond donors (Lipinski definition) is 1. The van der Waals surface area contributed by atoms with Gasteiger partial charge in [-0.3, -0.25) is 0 Å². The van der Waals surface area contributed by atoms with Crippen LogP contribution in [0.2, 0.25) is 0 Å². The summed E-state index contributed by atoms with van der Waals surface area (Å²) in [5, 5.41) is 12.0. The standard InChI is InChI=1S/C13H26N2O/c1-3-5-6-7-8-10-16-12-13(11-14)15-9-4-2/h13,15H,3-10,12H2,1-2H3. The molecule has 0 fully saturated rings. The minimum Gasteiger partial charge on any atom is -0.379 e. The predicted octanol–water partition coefficient (Wildman–Crippen LogP) is 2.87. The molecule has 94 valence electrons. The van der Waals surface area contributed by atoms with E-state index in [0.717, 1.165) is 26.0 Å². The fourth-order valence-corrected chi connectivity index (χ4v) is 1.47. The monoisotopic (exact) mass is 226 g/mol. The maximum absolute atomic E-state index is 8.83. The molecule has 1 N–H and O–H groups in total. The van der Waals surface area contributed by atoms with Crippen molar-refractivity contribution in [1.82, 2.24) is 5.32 Å². The van der Waals surface area contributed by atoms with Crippen LogP contribution >= 0.6 is 0 Å². The molecule has 0 spiro atoms. The Morgan fingerprint density at radius 3 is 2.50 bits per heavy atom. The van der Waals surface area contributed by atoms with E-state index in [9.17, 15) is 0 Å². The zero-order valence-electron chi connectivity index (χ0n) is 10.8. The van der Waals surface area contributed by atoms with Gasteiger partial charge in [0, 0.05) is 6.61 Å². The smallest absolute Gasteiger partial charge is 0.119 e. The maximum atomic E-state index is 8.83. The molecule has 16 heavy (non-hydrogen) atoms. The third kappa shape index (κ3) is 9.95. The second kappa shape index (κ2) is 12.5. The molecule has 0 aromatic rings. The fraction of sp³-hybridized carbons (Fsp3) is 0.923. The molecule has 1 unspecified atom stereocenters. The van der Waals surface area contributed by atoms with E-state index < -0.39 is 0 Å². The van der Waals surface area contributed by atoms with Crippen LogP contribution in [-0.4, -0.2) is 25.8 Å². The molecule has 0 aliphatic rings. The number of unbranched alkanes of at least 4 members (excludes halogenated alkanes) is 4. The van der Waals surface area contributed by atoms with Gasteiger partial charge in [-0.15, -0.1) is 0 Å². The number of rotatable bonds is 11. The molecule has 3 heteroatoms. The van der Waals surface area contributed by atoms with Gasteiger partial charge in [0.25, 0.3) is 0 Å². The first kappa shape index (κ1) is 15.4. The number of hydrogen-bond acceptors (Lipinski definition) is 3. The van der Waals surface area contributed by atoms with Gasteiger partial charge in [0.2, 0.25) is 0 Å². The Kier molecular flexibility index (Phi) is 12.0. The summed E-state index contributed by atoms with van der Waals surface area (Å²) >= 11 is 0. The van der Waals surface area contributed by atoms with Gasteiger partial charge in [-0.05, 0) is 19.4 Å². The fourth-order valence-electron chi connectivity index (χ4n) is 1.47. The van der Waals surface area contributed by atoms with Crippen LogP contribution < -0.4 is 5.32 Å². The molecule has 0 aliphatic carbocycles. The number of nitriles is 1. The molecule has 0 aromatic carbocycles. The highest BCUT2D eigenvalue weighted by molar-refractivity contribution is 4.89. The van der Waals surface area contributed by atoms with E-state index in [-0.39, 0.29) is 6.04 Å². The molecule has 0 bridgehead atoms. The second-order valence-electron chi connectivity index (χ2n) is 4.12. The van der Waals surface area contributed by atoms with Crippen molar-refractivity contribution in [2.45, 2.75) is 58.4 Å². The lowest BCUT2D eigenvalue weighted by atomic mass is 10.2. The van der Waals surface area contributed by atoms with Gasteiger partial charge in [-0.2, -0.15) is 5.26 Å². The summed E-state index contributed by atoms with van der Waals surface area (Å²) < 4.78 is 5.48. The highest BCUT2D eigenvalue weighted by Crippen LogP contribution is 2.02. The summed E-state index contributed by atoms with van der Waals surface area (Å²) in [5.74, 6) is 0. The van der Waals surface area contributed by atoms with Crippen molar-refractivity contribution in [2.75, 3.05) is 19.8 Å². The van der Waals surface area contributed by atoms with Crippen LogP contribution in [0.1, 0.15) is 52.4 Å². The van der Waals surface area contributed by atoms with Gasteiger partial charge in [0.05, 0.1) is 12.7 Å². The first-order chi connectivity index (χ1) is 7.85. The van der Waals surface area contributed by atoms with Gasteiger partial charge in [-0.1, -0.05) is 39.5 Å². The molecule has 0 amide bonds. The molecule has 0 aliphatic heterocycles. The second-order valence-corrected chi connectivity index (χ2v) is 4.12. The SMILES string of the molecule is CCCCCCCOCC(C#N)NCCC. The molecular formula is C13H26N2O. The lowest BCUT2D eigenvalue weighted by Crippen LogP contribution is -2.32. The van der Waals surface area contributed by atoms with Gasteiger partial charge >= 0.3 is 0 Å². The molecule has 0 radical (unpaired) electrons. The Bertz CT molecular complexity index is 177. The van der Waals surface area contributed by atoms with E-state index in [1.165, 1.54) is 25.7 Å². The van der Waals surface area contributed by atoms with E-state index >= 15 is 0 Å². The van der Waals surface area contributed by atoms with Gasteiger partial charge in [-0.25, -0.2) is 0 Å². The minimum atomic E-state index is -0.143. The van der Waals surface area contributed by atoms with Crippen molar-refractivity contribution >= 4 is 0 Å². The first-order valence-electron chi connectivity index (χ1n) is 6.55. The minimum absolute atomic E-state index is 0.143. The van der Waals surface area contributed by atoms with Crippen molar-refractivity contribution in [3.63, 3.8) is 0 Å². The Morgan fingerprint density at radius 2 is 1.88 bits per heavy atom. The summed E-state index contributed by atoms with van der Waals surface area (Å²) in [7, 11) is 0. The summed E-state index contributed by atoms with van der Waals surface area (Å²) in [6.07, 6.45) is 7.31. The number of nitrogens with zero attached hydrogens (tertiary/aromatic N) is 1.